The standard InChI is InChI=1S/C9H11ClFN/c1-5-3-4-7(11)8(6(2)12)9(5)10/h3-4,6H,12H2,1-2H3/t6-/m1/s1. The van der Waals surface area contributed by atoms with Gasteiger partial charge in [-0.1, -0.05) is 17.7 Å². The van der Waals surface area contributed by atoms with E-state index in [1.165, 1.54) is 6.07 Å². The second-order valence-corrected chi connectivity index (χ2v) is 3.26. The van der Waals surface area contributed by atoms with Crippen molar-refractivity contribution in [3.05, 3.63) is 34.1 Å². The highest BCUT2D eigenvalue weighted by Crippen LogP contribution is 2.27. The molecule has 1 aromatic carbocycles. The highest BCUT2D eigenvalue weighted by molar-refractivity contribution is 6.32. The molecule has 0 aliphatic carbocycles. The van der Waals surface area contributed by atoms with Gasteiger partial charge in [-0.25, -0.2) is 4.39 Å². The maximum absolute atomic E-state index is 13.1. The molecule has 0 saturated carbocycles. The van der Waals surface area contributed by atoms with Crippen LogP contribution in [-0.4, -0.2) is 0 Å². The molecule has 0 bridgehead atoms. The van der Waals surface area contributed by atoms with Crippen LogP contribution in [0.15, 0.2) is 12.1 Å². The van der Waals surface area contributed by atoms with Crippen LogP contribution in [0.25, 0.3) is 0 Å². The van der Waals surface area contributed by atoms with E-state index >= 15 is 0 Å². The molecule has 0 fully saturated rings. The Labute approximate surface area is 76.3 Å². The summed E-state index contributed by atoms with van der Waals surface area (Å²) in [5, 5.41) is 0.435. The lowest BCUT2D eigenvalue weighted by molar-refractivity contribution is 0.593. The van der Waals surface area contributed by atoms with Gasteiger partial charge >= 0.3 is 0 Å². The van der Waals surface area contributed by atoms with Crippen molar-refractivity contribution in [2.45, 2.75) is 19.9 Å². The minimum Gasteiger partial charge on any atom is -0.324 e. The molecule has 2 N–H and O–H groups in total. The van der Waals surface area contributed by atoms with Gasteiger partial charge in [-0.2, -0.15) is 0 Å². The van der Waals surface area contributed by atoms with Gasteiger partial charge in [-0.15, -0.1) is 0 Å². The van der Waals surface area contributed by atoms with Gasteiger partial charge in [0.25, 0.3) is 0 Å². The number of hydrogen-bond donors (Lipinski definition) is 1. The predicted octanol–water partition coefficient (Wildman–Crippen LogP) is 2.81. The van der Waals surface area contributed by atoms with E-state index in [0.29, 0.717) is 10.6 Å². The highest BCUT2D eigenvalue weighted by Gasteiger charge is 2.12. The first-order valence-corrected chi connectivity index (χ1v) is 4.12. The van der Waals surface area contributed by atoms with Gasteiger partial charge in [0.15, 0.2) is 0 Å². The number of aryl methyl sites for hydroxylation is 1. The van der Waals surface area contributed by atoms with Crippen molar-refractivity contribution >= 4 is 11.6 Å². The van der Waals surface area contributed by atoms with Gasteiger partial charge in [0.1, 0.15) is 5.82 Å². The van der Waals surface area contributed by atoms with Gasteiger partial charge in [-0.05, 0) is 25.5 Å². The fraction of sp³-hybridized carbons (Fsp3) is 0.333. The molecule has 0 amide bonds. The van der Waals surface area contributed by atoms with Crippen molar-refractivity contribution in [1.29, 1.82) is 0 Å². The maximum Gasteiger partial charge on any atom is 0.129 e. The smallest absolute Gasteiger partial charge is 0.129 e. The van der Waals surface area contributed by atoms with Crippen LogP contribution in [-0.2, 0) is 0 Å². The Kier molecular flexibility index (Phi) is 2.70. The van der Waals surface area contributed by atoms with E-state index in [0.717, 1.165) is 5.56 Å². The molecule has 0 spiro atoms. The zero-order chi connectivity index (χ0) is 9.30. The average Bonchev–Trinajstić information content (AvgIpc) is 1.97. The molecule has 0 aliphatic heterocycles. The number of benzene rings is 1. The van der Waals surface area contributed by atoms with Gasteiger partial charge in [0, 0.05) is 11.6 Å². The van der Waals surface area contributed by atoms with Crippen LogP contribution in [0.3, 0.4) is 0 Å². The van der Waals surface area contributed by atoms with Crippen LogP contribution in [0.4, 0.5) is 4.39 Å². The molecular weight excluding hydrogens is 177 g/mol. The molecule has 3 heteroatoms. The normalized spacial score (nSPS) is 13.1. The fourth-order valence-electron chi connectivity index (χ4n) is 1.10. The van der Waals surface area contributed by atoms with E-state index in [2.05, 4.69) is 0 Å². The summed E-state index contributed by atoms with van der Waals surface area (Å²) in [5.74, 6) is -0.333. The average molecular weight is 188 g/mol. The molecule has 0 aromatic heterocycles. The van der Waals surface area contributed by atoms with Crippen molar-refractivity contribution < 1.29 is 4.39 Å². The van der Waals surface area contributed by atoms with Crippen LogP contribution in [0.5, 0.6) is 0 Å². The molecule has 1 nitrogen and oxygen atoms in total. The van der Waals surface area contributed by atoms with Crippen LogP contribution >= 0.6 is 11.6 Å². The monoisotopic (exact) mass is 187 g/mol. The molecule has 0 saturated heterocycles. The Morgan fingerprint density at radius 2 is 2.08 bits per heavy atom. The zero-order valence-corrected chi connectivity index (χ0v) is 7.82. The SMILES string of the molecule is Cc1ccc(F)c([C@@H](C)N)c1Cl. The third-order valence-corrected chi connectivity index (χ3v) is 2.28. The summed E-state index contributed by atoms with van der Waals surface area (Å²) in [5.41, 5.74) is 6.81. The minimum absolute atomic E-state index is 0.333. The number of nitrogens with two attached hydrogens (primary N) is 1. The molecule has 1 atom stereocenters. The first-order chi connectivity index (χ1) is 5.54. The van der Waals surface area contributed by atoms with E-state index < -0.39 is 0 Å². The van der Waals surface area contributed by atoms with Crippen LogP contribution in [0, 0.1) is 12.7 Å². The quantitative estimate of drug-likeness (QED) is 0.719. The third-order valence-electron chi connectivity index (χ3n) is 1.77. The fourth-order valence-corrected chi connectivity index (χ4v) is 1.42. The Bertz CT molecular complexity index is 297. The number of rotatable bonds is 1. The van der Waals surface area contributed by atoms with Crippen LogP contribution in [0.2, 0.25) is 5.02 Å². The zero-order valence-electron chi connectivity index (χ0n) is 7.07. The van der Waals surface area contributed by atoms with Gasteiger partial charge in [0.2, 0.25) is 0 Å². The molecular formula is C9H11ClFN. The van der Waals surface area contributed by atoms with Crippen LogP contribution < -0.4 is 5.73 Å². The first kappa shape index (κ1) is 9.49. The molecule has 0 heterocycles. The van der Waals surface area contributed by atoms with E-state index in [9.17, 15) is 4.39 Å². The van der Waals surface area contributed by atoms with E-state index in [1.54, 1.807) is 13.0 Å². The summed E-state index contributed by atoms with van der Waals surface area (Å²) in [6, 6.07) is 2.67. The van der Waals surface area contributed by atoms with Crippen molar-refractivity contribution in [2.24, 2.45) is 5.73 Å². The van der Waals surface area contributed by atoms with Crippen molar-refractivity contribution in [2.75, 3.05) is 0 Å². The second-order valence-electron chi connectivity index (χ2n) is 2.88. The lowest BCUT2D eigenvalue weighted by atomic mass is 10.1. The summed E-state index contributed by atoms with van der Waals surface area (Å²) >= 11 is 5.87. The Morgan fingerprint density at radius 3 is 2.50 bits per heavy atom. The summed E-state index contributed by atoms with van der Waals surface area (Å²) in [7, 11) is 0. The number of halogens is 2. The molecule has 1 aromatic rings. The molecule has 0 unspecified atom stereocenters. The lowest BCUT2D eigenvalue weighted by Crippen LogP contribution is -2.08. The molecule has 12 heavy (non-hydrogen) atoms. The Balaban J connectivity index is 3.33. The predicted molar refractivity (Wildman–Crippen MR) is 48.7 cm³/mol. The summed E-state index contributed by atoms with van der Waals surface area (Å²) < 4.78 is 13.1. The lowest BCUT2D eigenvalue weighted by Gasteiger charge is -2.10. The van der Waals surface area contributed by atoms with E-state index in [4.69, 9.17) is 17.3 Å². The molecule has 0 aliphatic rings. The third kappa shape index (κ3) is 1.59. The van der Waals surface area contributed by atoms with Crippen molar-refractivity contribution in [3.63, 3.8) is 0 Å². The maximum atomic E-state index is 13.1. The van der Waals surface area contributed by atoms with Gasteiger partial charge in [0.05, 0.1) is 5.02 Å². The topological polar surface area (TPSA) is 26.0 Å². The summed E-state index contributed by atoms with van der Waals surface area (Å²) in [6.45, 7) is 3.54. The highest BCUT2D eigenvalue weighted by atomic mass is 35.5. The van der Waals surface area contributed by atoms with Crippen LogP contribution in [0.1, 0.15) is 24.1 Å². The number of hydrogen-bond acceptors (Lipinski definition) is 1. The second kappa shape index (κ2) is 3.42. The molecule has 0 radical (unpaired) electrons. The van der Waals surface area contributed by atoms with E-state index in [-0.39, 0.29) is 11.9 Å². The Morgan fingerprint density at radius 1 is 1.50 bits per heavy atom. The van der Waals surface area contributed by atoms with Crippen molar-refractivity contribution in [1.82, 2.24) is 0 Å². The minimum atomic E-state index is -0.364. The van der Waals surface area contributed by atoms with Gasteiger partial charge in [-0.3, -0.25) is 0 Å². The van der Waals surface area contributed by atoms with E-state index in [1.807, 2.05) is 6.92 Å². The summed E-state index contributed by atoms with van der Waals surface area (Å²) in [4.78, 5) is 0. The summed E-state index contributed by atoms with van der Waals surface area (Å²) in [6.07, 6.45) is 0. The first-order valence-electron chi connectivity index (χ1n) is 3.74. The Hall–Kier alpha value is -0.600. The molecule has 1 rings (SSSR count). The molecule has 66 valence electrons. The largest absolute Gasteiger partial charge is 0.324 e. The van der Waals surface area contributed by atoms with Gasteiger partial charge < -0.3 is 5.73 Å². The van der Waals surface area contributed by atoms with Crippen molar-refractivity contribution in [3.8, 4) is 0 Å².